The average Bonchev–Trinajstić information content (AvgIpc) is 3.37. The third kappa shape index (κ3) is 2.44. The highest BCUT2D eigenvalue weighted by Crippen LogP contribution is 2.34. The van der Waals surface area contributed by atoms with E-state index in [9.17, 15) is 4.79 Å². The summed E-state index contributed by atoms with van der Waals surface area (Å²) >= 11 is 3.48. The third-order valence-electron chi connectivity index (χ3n) is 4.94. The molecule has 0 bridgehead atoms. The number of carbonyl (C=O) groups is 1. The van der Waals surface area contributed by atoms with Crippen LogP contribution >= 0.6 is 15.9 Å². The summed E-state index contributed by atoms with van der Waals surface area (Å²) in [5.41, 5.74) is 2.62. The Morgan fingerprint density at radius 1 is 1.23 bits per heavy atom. The first-order valence-electron chi connectivity index (χ1n) is 8.64. The Morgan fingerprint density at radius 2 is 2.12 bits per heavy atom. The third-order valence-corrected chi connectivity index (χ3v) is 5.57. The lowest BCUT2D eigenvalue weighted by molar-refractivity contribution is 0.0700. The molecule has 130 valence electrons. The van der Waals surface area contributed by atoms with Gasteiger partial charge in [0.1, 0.15) is 11.4 Å². The number of halogens is 1. The van der Waals surface area contributed by atoms with Crippen molar-refractivity contribution in [3.63, 3.8) is 0 Å². The number of carbonyl (C=O) groups excluding carboxylic acids is 1. The first-order valence-corrected chi connectivity index (χ1v) is 9.44. The van der Waals surface area contributed by atoms with Crippen LogP contribution in [0.4, 0.5) is 0 Å². The summed E-state index contributed by atoms with van der Waals surface area (Å²) in [6, 6.07) is 15.5. The van der Waals surface area contributed by atoms with Crippen LogP contribution in [-0.2, 0) is 0 Å². The Labute approximate surface area is 158 Å². The number of imidazole rings is 1. The minimum atomic E-state index is -0.0870. The van der Waals surface area contributed by atoms with E-state index in [1.165, 1.54) is 0 Å². The summed E-state index contributed by atoms with van der Waals surface area (Å²) in [6.07, 6.45) is 1.85. The Kier molecular flexibility index (Phi) is 3.60. The van der Waals surface area contributed by atoms with Crippen molar-refractivity contribution < 1.29 is 9.21 Å². The van der Waals surface area contributed by atoms with E-state index in [1.807, 2.05) is 53.4 Å². The van der Waals surface area contributed by atoms with E-state index >= 15 is 0 Å². The second kappa shape index (κ2) is 5.99. The fraction of sp³-hybridized carbons (Fsp3) is 0.200. The SMILES string of the molecule is O=C(c1cc2cccc(Br)c2o1)N1CCCC1c1nc2ccccc2[nH]1. The van der Waals surface area contributed by atoms with Crippen molar-refractivity contribution >= 4 is 43.8 Å². The summed E-state index contributed by atoms with van der Waals surface area (Å²) < 4.78 is 6.70. The lowest BCUT2D eigenvalue weighted by Crippen LogP contribution is -2.30. The van der Waals surface area contributed by atoms with Gasteiger partial charge < -0.3 is 14.3 Å². The zero-order valence-electron chi connectivity index (χ0n) is 13.9. The van der Waals surface area contributed by atoms with Crippen LogP contribution in [0.1, 0.15) is 35.3 Å². The summed E-state index contributed by atoms with van der Waals surface area (Å²) in [7, 11) is 0. The number of furan rings is 1. The van der Waals surface area contributed by atoms with Gasteiger partial charge in [0.15, 0.2) is 5.76 Å². The van der Waals surface area contributed by atoms with Crippen molar-refractivity contribution in [2.45, 2.75) is 18.9 Å². The van der Waals surface area contributed by atoms with Crippen LogP contribution in [-0.4, -0.2) is 27.3 Å². The van der Waals surface area contributed by atoms with Gasteiger partial charge in [-0.05, 0) is 53.0 Å². The topological polar surface area (TPSA) is 62.1 Å². The maximum Gasteiger partial charge on any atom is 0.290 e. The molecule has 26 heavy (non-hydrogen) atoms. The van der Waals surface area contributed by atoms with Gasteiger partial charge in [-0.2, -0.15) is 0 Å². The number of rotatable bonds is 2. The molecule has 1 aliphatic heterocycles. The van der Waals surface area contributed by atoms with Gasteiger partial charge in [0.25, 0.3) is 5.91 Å². The average molecular weight is 410 g/mol. The minimum absolute atomic E-state index is 0.0495. The second-order valence-electron chi connectivity index (χ2n) is 6.56. The van der Waals surface area contributed by atoms with E-state index in [-0.39, 0.29) is 11.9 Å². The number of H-pyrrole nitrogens is 1. The Morgan fingerprint density at radius 3 is 2.96 bits per heavy atom. The number of aromatic nitrogens is 2. The maximum absolute atomic E-state index is 13.1. The predicted molar refractivity (Wildman–Crippen MR) is 103 cm³/mol. The number of fused-ring (bicyclic) bond motifs is 2. The number of nitrogens with zero attached hydrogens (tertiary/aromatic N) is 2. The largest absolute Gasteiger partial charge is 0.450 e. The number of nitrogens with one attached hydrogen (secondary N) is 1. The number of para-hydroxylation sites is 3. The van der Waals surface area contributed by atoms with Crippen molar-refractivity contribution in [2.24, 2.45) is 0 Å². The number of aromatic amines is 1. The minimum Gasteiger partial charge on any atom is -0.450 e. The van der Waals surface area contributed by atoms with Gasteiger partial charge in [0.2, 0.25) is 0 Å². The molecule has 0 spiro atoms. The molecular formula is C20H16BrN3O2. The molecule has 5 nitrogen and oxygen atoms in total. The fourth-order valence-corrected chi connectivity index (χ4v) is 4.16. The van der Waals surface area contributed by atoms with Crippen LogP contribution < -0.4 is 0 Å². The monoisotopic (exact) mass is 409 g/mol. The predicted octanol–water partition coefficient (Wildman–Crippen LogP) is 5.05. The highest BCUT2D eigenvalue weighted by molar-refractivity contribution is 9.10. The van der Waals surface area contributed by atoms with E-state index in [0.717, 1.165) is 39.6 Å². The van der Waals surface area contributed by atoms with E-state index < -0.39 is 0 Å². The van der Waals surface area contributed by atoms with Crippen molar-refractivity contribution in [1.82, 2.24) is 14.9 Å². The molecule has 1 saturated heterocycles. The normalized spacial score (nSPS) is 17.4. The van der Waals surface area contributed by atoms with Crippen LogP contribution in [0.25, 0.3) is 22.0 Å². The van der Waals surface area contributed by atoms with Gasteiger partial charge in [-0.3, -0.25) is 4.79 Å². The number of hydrogen-bond acceptors (Lipinski definition) is 3. The van der Waals surface area contributed by atoms with Gasteiger partial charge in [0.05, 0.1) is 21.5 Å². The number of benzene rings is 2. The van der Waals surface area contributed by atoms with Gasteiger partial charge in [-0.15, -0.1) is 0 Å². The molecule has 0 radical (unpaired) electrons. The molecule has 2 aromatic heterocycles. The lowest BCUT2D eigenvalue weighted by atomic mass is 10.2. The second-order valence-corrected chi connectivity index (χ2v) is 7.42. The van der Waals surface area contributed by atoms with Crippen molar-refractivity contribution in [1.29, 1.82) is 0 Å². The quantitative estimate of drug-likeness (QED) is 0.503. The maximum atomic E-state index is 13.1. The van der Waals surface area contributed by atoms with Crippen molar-refractivity contribution in [2.75, 3.05) is 6.54 Å². The molecule has 1 amide bonds. The molecule has 3 heterocycles. The van der Waals surface area contributed by atoms with Gasteiger partial charge >= 0.3 is 0 Å². The molecule has 1 aliphatic rings. The molecule has 4 aromatic rings. The highest BCUT2D eigenvalue weighted by Gasteiger charge is 2.34. The van der Waals surface area contributed by atoms with Gasteiger partial charge in [-0.25, -0.2) is 4.98 Å². The first-order chi connectivity index (χ1) is 12.7. The van der Waals surface area contributed by atoms with Crippen LogP contribution in [0.5, 0.6) is 0 Å². The molecule has 1 fully saturated rings. The van der Waals surface area contributed by atoms with Crippen molar-refractivity contribution in [3.8, 4) is 0 Å². The van der Waals surface area contributed by atoms with Gasteiger partial charge in [-0.1, -0.05) is 24.3 Å². The molecule has 1 atom stereocenters. The zero-order chi connectivity index (χ0) is 17.7. The smallest absolute Gasteiger partial charge is 0.290 e. The summed E-state index contributed by atoms with van der Waals surface area (Å²) in [5, 5.41) is 0.919. The van der Waals surface area contributed by atoms with Crippen LogP contribution in [0.15, 0.2) is 57.4 Å². The van der Waals surface area contributed by atoms with Crippen LogP contribution in [0.3, 0.4) is 0 Å². The molecule has 6 heteroatoms. The summed E-state index contributed by atoms with van der Waals surface area (Å²) in [4.78, 5) is 23.0. The number of hydrogen-bond donors (Lipinski definition) is 1. The van der Waals surface area contributed by atoms with Gasteiger partial charge in [0, 0.05) is 11.9 Å². The Bertz CT molecular complexity index is 1100. The summed E-state index contributed by atoms with van der Waals surface area (Å²) in [5.74, 6) is 1.13. The standard InChI is InChI=1S/C20H16BrN3O2/c21-13-6-3-5-12-11-17(26-18(12)13)20(25)24-10-4-9-16(24)19-22-14-7-1-2-8-15(14)23-19/h1-3,5-8,11,16H,4,9-10H2,(H,22,23). The zero-order valence-corrected chi connectivity index (χ0v) is 15.5. The fourth-order valence-electron chi connectivity index (χ4n) is 3.70. The highest BCUT2D eigenvalue weighted by atomic mass is 79.9. The van der Waals surface area contributed by atoms with Crippen LogP contribution in [0, 0.1) is 0 Å². The van der Waals surface area contributed by atoms with Crippen molar-refractivity contribution in [3.05, 3.63) is 64.6 Å². The molecule has 1 N–H and O–H groups in total. The molecule has 2 aromatic carbocycles. The van der Waals surface area contributed by atoms with E-state index in [2.05, 4.69) is 20.9 Å². The molecule has 5 rings (SSSR count). The molecule has 0 saturated carbocycles. The number of amides is 1. The van der Waals surface area contributed by atoms with E-state index in [4.69, 9.17) is 9.40 Å². The number of likely N-dealkylation sites (tertiary alicyclic amines) is 1. The molecule has 0 aliphatic carbocycles. The van der Waals surface area contributed by atoms with E-state index in [0.29, 0.717) is 17.9 Å². The molecular weight excluding hydrogens is 394 g/mol. The first kappa shape index (κ1) is 15.6. The van der Waals surface area contributed by atoms with Crippen LogP contribution in [0.2, 0.25) is 0 Å². The summed E-state index contributed by atoms with van der Waals surface area (Å²) in [6.45, 7) is 0.707. The Balaban J connectivity index is 1.51. The van der Waals surface area contributed by atoms with E-state index in [1.54, 1.807) is 0 Å². The lowest BCUT2D eigenvalue weighted by Gasteiger charge is -2.21. The Hall–Kier alpha value is -2.60. The molecule has 1 unspecified atom stereocenters.